The van der Waals surface area contributed by atoms with E-state index in [-0.39, 0.29) is 18.1 Å². The summed E-state index contributed by atoms with van der Waals surface area (Å²) in [5.74, 6) is 0.146. The van der Waals surface area contributed by atoms with Gasteiger partial charge in [0.15, 0.2) is 0 Å². The molecular formula is C24H31N3O3. The van der Waals surface area contributed by atoms with Gasteiger partial charge in [-0.3, -0.25) is 14.7 Å². The van der Waals surface area contributed by atoms with E-state index in [1.165, 1.54) is 5.56 Å². The number of aromatic nitrogens is 1. The highest BCUT2D eigenvalue weighted by molar-refractivity contribution is 5.80. The molecule has 6 nitrogen and oxygen atoms in total. The number of amides is 1. The lowest BCUT2D eigenvalue weighted by atomic mass is 9.96. The highest BCUT2D eigenvalue weighted by atomic mass is 16.5. The number of carbonyl (C=O) groups is 1. The van der Waals surface area contributed by atoms with Crippen molar-refractivity contribution in [2.45, 2.75) is 32.4 Å². The van der Waals surface area contributed by atoms with Gasteiger partial charge in [-0.1, -0.05) is 29.8 Å². The molecule has 1 amide bonds. The van der Waals surface area contributed by atoms with Gasteiger partial charge in [0.2, 0.25) is 5.91 Å². The molecule has 0 aliphatic carbocycles. The number of benzene rings is 1. The molecule has 4 rings (SSSR count). The third kappa shape index (κ3) is 4.89. The van der Waals surface area contributed by atoms with Gasteiger partial charge in [-0.05, 0) is 36.6 Å². The Balaban J connectivity index is 1.57. The number of carbonyl (C=O) groups excluding carboxylic acids is 1. The van der Waals surface area contributed by atoms with Crippen LogP contribution < -0.4 is 0 Å². The zero-order valence-corrected chi connectivity index (χ0v) is 17.9. The van der Waals surface area contributed by atoms with Crippen LogP contribution in [-0.2, 0) is 20.7 Å². The largest absolute Gasteiger partial charge is 0.379 e. The molecule has 0 unspecified atom stereocenters. The van der Waals surface area contributed by atoms with Crippen LogP contribution in [0, 0.1) is 13.8 Å². The minimum atomic E-state index is -0.132. The molecule has 0 N–H and O–H groups in total. The highest BCUT2D eigenvalue weighted by Gasteiger charge is 2.37. The fourth-order valence-electron chi connectivity index (χ4n) is 4.40. The Bertz CT molecular complexity index is 852. The van der Waals surface area contributed by atoms with Gasteiger partial charge >= 0.3 is 0 Å². The summed E-state index contributed by atoms with van der Waals surface area (Å²) in [6, 6.07) is 10.2. The topological polar surface area (TPSA) is 54.9 Å². The summed E-state index contributed by atoms with van der Waals surface area (Å²) in [7, 11) is 0. The van der Waals surface area contributed by atoms with Crippen molar-refractivity contribution in [3.8, 4) is 0 Å². The summed E-state index contributed by atoms with van der Waals surface area (Å²) in [5, 5.41) is 0. The first-order valence-electron chi connectivity index (χ1n) is 10.8. The molecule has 0 saturated carbocycles. The molecule has 2 fully saturated rings. The molecule has 2 aromatic rings. The zero-order valence-electron chi connectivity index (χ0n) is 17.9. The van der Waals surface area contributed by atoms with Gasteiger partial charge in [-0.2, -0.15) is 0 Å². The van der Waals surface area contributed by atoms with E-state index >= 15 is 0 Å². The number of morpholine rings is 2. The number of pyridine rings is 1. The Morgan fingerprint density at radius 3 is 2.73 bits per heavy atom. The van der Waals surface area contributed by atoms with Crippen LogP contribution in [0.2, 0.25) is 0 Å². The van der Waals surface area contributed by atoms with Crippen LogP contribution in [0.25, 0.3) is 0 Å². The van der Waals surface area contributed by atoms with Gasteiger partial charge in [0.1, 0.15) is 0 Å². The van der Waals surface area contributed by atoms with Crippen LogP contribution in [0.5, 0.6) is 0 Å². The molecule has 3 heterocycles. The fraction of sp³-hybridized carbons (Fsp3) is 0.500. The summed E-state index contributed by atoms with van der Waals surface area (Å²) >= 11 is 0. The van der Waals surface area contributed by atoms with Crippen LogP contribution in [-0.4, -0.2) is 72.8 Å². The van der Waals surface area contributed by atoms with Crippen LogP contribution in [0.4, 0.5) is 0 Å². The van der Waals surface area contributed by atoms with Crippen molar-refractivity contribution >= 4 is 5.91 Å². The van der Waals surface area contributed by atoms with E-state index in [0.29, 0.717) is 19.6 Å². The Kier molecular flexibility index (Phi) is 6.77. The average molecular weight is 410 g/mol. The molecule has 2 aliphatic rings. The van der Waals surface area contributed by atoms with Gasteiger partial charge < -0.3 is 14.4 Å². The predicted molar refractivity (Wildman–Crippen MR) is 115 cm³/mol. The van der Waals surface area contributed by atoms with Crippen molar-refractivity contribution < 1.29 is 14.3 Å². The van der Waals surface area contributed by atoms with E-state index in [9.17, 15) is 4.79 Å². The normalized spacial score (nSPS) is 22.8. The molecule has 6 heteroatoms. The Morgan fingerprint density at radius 2 is 1.97 bits per heavy atom. The van der Waals surface area contributed by atoms with Crippen LogP contribution >= 0.6 is 0 Å². The molecule has 30 heavy (non-hydrogen) atoms. The molecule has 0 bridgehead atoms. The number of rotatable bonds is 5. The summed E-state index contributed by atoms with van der Waals surface area (Å²) in [6.07, 6.45) is 3.97. The second kappa shape index (κ2) is 9.69. The SMILES string of the molecule is Cc1ccc(C)c(CC(=O)N2CCO[C@@H](CN3CCOCC3)[C@@H]2c2cccnc2)c1. The lowest BCUT2D eigenvalue weighted by Crippen LogP contribution is -2.53. The zero-order chi connectivity index (χ0) is 20.9. The molecule has 2 aliphatic heterocycles. The summed E-state index contributed by atoms with van der Waals surface area (Å²) in [5.41, 5.74) is 4.47. The van der Waals surface area contributed by atoms with Crippen molar-refractivity contribution in [1.82, 2.24) is 14.8 Å². The number of aryl methyl sites for hydroxylation is 2. The maximum absolute atomic E-state index is 13.5. The van der Waals surface area contributed by atoms with Gasteiger partial charge in [-0.15, -0.1) is 0 Å². The first-order valence-corrected chi connectivity index (χ1v) is 10.8. The van der Waals surface area contributed by atoms with E-state index in [1.807, 2.05) is 17.2 Å². The average Bonchev–Trinajstić information content (AvgIpc) is 2.77. The first-order chi connectivity index (χ1) is 14.6. The quantitative estimate of drug-likeness (QED) is 0.760. The monoisotopic (exact) mass is 409 g/mol. The summed E-state index contributed by atoms with van der Waals surface area (Å²) < 4.78 is 11.7. The molecule has 1 aromatic carbocycles. The minimum absolute atomic E-state index is 0.0800. The number of nitrogens with zero attached hydrogens (tertiary/aromatic N) is 3. The fourth-order valence-corrected chi connectivity index (χ4v) is 4.40. The lowest BCUT2D eigenvalue weighted by molar-refractivity contribution is -0.148. The number of hydrogen-bond acceptors (Lipinski definition) is 5. The van der Waals surface area contributed by atoms with Crippen LogP contribution in [0.1, 0.15) is 28.3 Å². The maximum Gasteiger partial charge on any atom is 0.227 e. The maximum atomic E-state index is 13.5. The smallest absolute Gasteiger partial charge is 0.227 e. The Labute approximate surface area is 178 Å². The standard InChI is InChI=1S/C24H31N3O3/c1-18-5-6-19(2)21(14-18)15-23(28)27-10-13-30-22(17-26-8-11-29-12-9-26)24(27)20-4-3-7-25-16-20/h3-7,14,16,22,24H,8-13,15,17H2,1-2H3/t22-,24-/m0/s1. The van der Waals surface area contributed by atoms with E-state index in [0.717, 1.165) is 49.5 Å². The summed E-state index contributed by atoms with van der Waals surface area (Å²) in [4.78, 5) is 22.2. The van der Waals surface area contributed by atoms with Gasteiger partial charge in [-0.25, -0.2) is 0 Å². The van der Waals surface area contributed by atoms with Crippen molar-refractivity contribution in [2.24, 2.45) is 0 Å². The summed E-state index contributed by atoms with van der Waals surface area (Å²) in [6.45, 7) is 9.38. The van der Waals surface area contributed by atoms with Crippen LogP contribution in [0.3, 0.4) is 0 Å². The molecule has 2 saturated heterocycles. The second-order valence-corrected chi connectivity index (χ2v) is 8.25. The highest BCUT2D eigenvalue weighted by Crippen LogP contribution is 2.31. The number of hydrogen-bond donors (Lipinski definition) is 0. The number of ether oxygens (including phenoxy) is 2. The van der Waals surface area contributed by atoms with Crippen molar-refractivity contribution in [1.29, 1.82) is 0 Å². The van der Waals surface area contributed by atoms with Gasteiger partial charge in [0, 0.05) is 38.6 Å². The Hall–Kier alpha value is -2.28. The van der Waals surface area contributed by atoms with Gasteiger partial charge in [0.05, 0.1) is 38.4 Å². The third-order valence-corrected chi connectivity index (χ3v) is 6.09. The molecule has 2 atom stereocenters. The molecule has 1 aromatic heterocycles. The van der Waals surface area contributed by atoms with E-state index in [1.54, 1.807) is 6.20 Å². The predicted octanol–water partition coefficient (Wildman–Crippen LogP) is 2.54. The van der Waals surface area contributed by atoms with Crippen LogP contribution in [0.15, 0.2) is 42.7 Å². The Morgan fingerprint density at radius 1 is 1.13 bits per heavy atom. The minimum Gasteiger partial charge on any atom is -0.379 e. The van der Waals surface area contributed by atoms with E-state index in [2.05, 4.69) is 48.0 Å². The molecule has 0 spiro atoms. The molecule has 0 radical (unpaired) electrons. The van der Waals surface area contributed by atoms with Crippen molar-refractivity contribution in [3.63, 3.8) is 0 Å². The first kappa shape index (κ1) is 21.0. The second-order valence-electron chi connectivity index (χ2n) is 8.25. The van der Waals surface area contributed by atoms with Crippen molar-refractivity contribution in [2.75, 3.05) is 46.0 Å². The molecular weight excluding hydrogens is 378 g/mol. The van der Waals surface area contributed by atoms with E-state index in [4.69, 9.17) is 9.47 Å². The molecule has 160 valence electrons. The van der Waals surface area contributed by atoms with Crippen molar-refractivity contribution in [3.05, 3.63) is 65.0 Å². The lowest BCUT2D eigenvalue weighted by Gasteiger charge is -2.43. The van der Waals surface area contributed by atoms with Gasteiger partial charge in [0.25, 0.3) is 0 Å². The van der Waals surface area contributed by atoms with E-state index < -0.39 is 0 Å². The third-order valence-electron chi connectivity index (χ3n) is 6.09.